The zero-order valence-electron chi connectivity index (χ0n) is 16.2. The van der Waals surface area contributed by atoms with Gasteiger partial charge >= 0.3 is 6.18 Å². The van der Waals surface area contributed by atoms with E-state index in [1.807, 2.05) is 13.8 Å². The Balaban J connectivity index is 2.15. The molecule has 0 aliphatic carbocycles. The van der Waals surface area contributed by atoms with Crippen molar-refractivity contribution in [2.75, 3.05) is 23.8 Å². The summed E-state index contributed by atoms with van der Waals surface area (Å²) in [6.07, 6.45) is -4.65. The summed E-state index contributed by atoms with van der Waals surface area (Å²) in [6.45, 7) is 6.11. The van der Waals surface area contributed by atoms with Crippen LogP contribution >= 0.6 is 11.6 Å². The van der Waals surface area contributed by atoms with E-state index in [1.54, 1.807) is 18.2 Å². The van der Waals surface area contributed by atoms with Crippen LogP contribution in [0.25, 0.3) is 0 Å². The fourth-order valence-electron chi connectivity index (χ4n) is 2.56. The zero-order chi connectivity index (χ0) is 21.6. The van der Waals surface area contributed by atoms with Gasteiger partial charge in [-0.3, -0.25) is 4.79 Å². The van der Waals surface area contributed by atoms with Gasteiger partial charge in [-0.05, 0) is 51.1 Å². The second-order valence-corrected chi connectivity index (χ2v) is 6.51. The topological polar surface area (TPSA) is 59.6 Å². The van der Waals surface area contributed by atoms with Crippen molar-refractivity contribution in [2.24, 2.45) is 0 Å². The normalized spacial score (nSPS) is 12.2. The van der Waals surface area contributed by atoms with Crippen molar-refractivity contribution in [3.8, 4) is 11.5 Å². The number of ether oxygens (including phenoxy) is 2. The van der Waals surface area contributed by atoms with Crippen LogP contribution in [0.2, 0.25) is 5.02 Å². The molecule has 158 valence electrons. The Morgan fingerprint density at radius 2 is 1.72 bits per heavy atom. The maximum Gasteiger partial charge on any atom is 0.418 e. The van der Waals surface area contributed by atoms with Crippen LogP contribution in [0.3, 0.4) is 0 Å². The van der Waals surface area contributed by atoms with Crippen molar-refractivity contribution in [1.29, 1.82) is 0 Å². The minimum Gasteiger partial charge on any atom is -0.490 e. The molecule has 29 heavy (non-hydrogen) atoms. The highest BCUT2D eigenvalue weighted by Gasteiger charge is 2.34. The van der Waals surface area contributed by atoms with Gasteiger partial charge in [0.25, 0.3) is 0 Å². The van der Waals surface area contributed by atoms with Crippen molar-refractivity contribution in [2.45, 2.75) is 33.0 Å². The van der Waals surface area contributed by atoms with E-state index in [4.69, 9.17) is 21.1 Å². The van der Waals surface area contributed by atoms with Crippen molar-refractivity contribution >= 4 is 28.9 Å². The highest BCUT2D eigenvalue weighted by atomic mass is 35.5. The van der Waals surface area contributed by atoms with Gasteiger partial charge in [-0.25, -0.2) is 0 Å². The predicted octanol–water partition coefficient (Wildman–Crippen LogP) is 5.60. The van der Waals surface area contributed by atoms with Gasteiger partial charge in [0.2, 0.25) is 5.91 Å². The summed E-state index contributed by atoms with van der Waals surface area (Å²) in [7, 11) is 0. The summed E-state index contributed by atoms with van der Waals surface area (Å²) in [5.74, 6) is 0.432. The third kappa shape index (κ3) is 6.19. The average Bonchev–Trinajstić information content (AvgIpc) is 2.64. The molecule has 1 unspecified atom stereocenters. The lowest BCUT2D eigenvalue weighted by molar-refractivity contribution is -0.137. The Bertz CT molecular complexity index is 859. The van der Waals surface area contributed by atoms with E-state index in [2.05, 4.69) is 10.6 Å². The molecule has 1 amide bonds. The molecule has 0 bridgehead atoms. The van der Waals surface area contributed by atoms with Crippen LogP contribution in [0.4, 0.5) is 24.5 Å². The van der Waals surface area contributed by atoms with Crippen LogP contribution < -0.4 is 20.1 Å². The van der Waals surface area contributed by atoms with E-state index in [9.17, 15) is 18.0 Å². The van der Waals surface area contributed by atoms with Gasteiger partial charge in [0, 0.05) is 16.8 Å². The number of rotatable bonds is 8. The van der Waals surface area contributed by atoms with Gasteiger partial charge in [-0.15, -0.1) is 0 Å². The predicted molar refractivity (Wildman–Crippen MR) is 107 cm³/mol. The summed E-state index contributed by atoms with van der Waals surface area (Å²) in [5, 5.41) is 5.17. The summed E-state index contributed by atoms with van der Waals surface area (Å²) < 4.78 is 50.6. The summed E-state index contributed by atoms with van der Waals surface area (Å²) in [5.41, 5.74) is -0.806. The van der Waals surface area contributed by atoms with E-state index in [-0.39, 0.29) is 10.7 Å². The smallest absolute Gasteiger partial charge is 0.418 e. The van der Waals surface area contributed by atoms with Gasteiger partial charge in [0.1, 0.15) is 6.04 Å². The van der Waals surface area contributed by atoms with E-state index in [1.165, 1.54) is 13.0 Å². The van der Waals surface area contributed by atoms with Gasteiger partial charge in [0.05, 0.1) is 24.5 Å². The molecule has 2 aromatic carbocycles. The largest absolute Gasteiger partial charge is 0.490 e. The molecule has 1 atom stereocenters. The first kappa shape index (κ1) is 22.7. The molecule has 0 radical (unpaired) electrons. The molecule has 0 spiro atoms. The maximum atomic E-state index is 13.2. The second kappa shape index (κ2) is 9.73. The molecule has 0 aliphatic heterocycles. The van der Waals surface area contributed by atoms with Crippen molar-refractivity contribution in [3.63, 3.8) is 0 Å². The lowest BCUT2D eigenvalue weighted by atomic mass is 10.1. The van der Waals surface area contributed by atoms with Crippen molar-refractivity contribution < 1.29 is 27.4 Å². The van der Waals surface area contributed by atoms with E-state index in [0.717, 1.165) is 12.1 Å². The van der Waals surface area contributed by atoms with Crippen LogP contribution in [-0.2, 0) is 11.0 Å². The van der Waals surface area contributed by atoms with Crippen LogP contribution in [0.5, 0.6) is 11.5 Å². The third-order valence-electron chi connectivity index (χ3n) is 3.86. The number of nitrogens with one attached hydrogen (secondary N) is 2. The lowest BCUT2D eigenvalue weighted by Gasteiger charge is -2.19. The van der Waals surface area contributed by atoms with Gasteiger partial charge in [-0.1, -0.05) is 11.6 Å². The first-order chi connectivity index (χ1) is 13.7. The first-order valence-corrected chi connectivity index (χ1v) is 9.37. The SMILES string of the molecule is CCOc1ccc(NC(C)C(=O)Nc2ccc(Cl)cc2C(F)(F)F)cc1OCC. The summed E-state index contributed by atoms with van der Waals surface area (Å²) in [6, 6.07) is 7.42. The molecule has 0 saturated heterocycles. The fourth-order valence-corrected chi connectivity index (χ4v) is 2.73. The molecule has 0 saturated carbocycles. The molecule has 5 nitrogen and oxygen atoms in total. The lowest BCUT2D eigenvalue weighted by Crippen LogP contribution is -2.32. The standard InChI is InChI=1S/C20H22ClF3N2O3/c1-4-28-17-9-7-14(11-18(17)29-5-2)25-12(3)19(27)26-16-8-6-13(21)10-15(16)20(22,23)24/h6-12,25H,4-5H2,1-3H3,(H,26,27). The number of halogens is 4. The average molecular weight is 431 g/mol. The number of carbonyl (C=O) groups excluding carboxylic acids is 1. The fraction of sp³-hybridized carbons (Fsp3) is 0.350. The minimum atomic E-state index is -4.65. The number of hydrogen-bond donors (Lipinski definition) is 2. The first-order valence-electron chi connectivity index (χ1n) is 8.99. The van der Waals surface area contributed by atoms with Crippen molar-refractivity contribution in [3.05, 3.63) is 47.0 Å². The van der Waals surface area contributed by atoms with Crippen LogP contribution in [-0.4, -0.2) is 25.2 Å². The van der Waals surface area contributed by atoms with E-state index >= 15 is 0 Å². The maximum absolute atomic E-state index is 13.2. The Morgan fingerprint density at radius 1 is 1.07 bits per heavy atom. The Kier molecular flexibility index (Phi) is 7.61. The van der Waals surface area contributed by atoms with E-state index in [0.29, 0.717) is 30.4 Å². The van der Waals surface area contributed by atoms with Crippen LogP contribution in [0, 0.1) is 0 Å². The quantitative estimate of drug-likeness (QED) is 0.572. The zero-order valence-corrected chi connectivity index (χ0v) is 16.9. The number of amides is 1. The number of anilines is 2. The minimum absolute atomic E-state index is 0.0701. The number of carbonyl (C=O) groups is 1. The molecule has 2 aromatic rings. The Morgan fingerprint density at radius 3 is 2.34 bits per heavy atom. The van der Waals surface area contributed by atoms with E-state index < -0.39 is 23.7 Å². The van der Waals surface area contributed by atoms with Crippen LogP contribution in [0.15, 0.2) is 36.4 Å². The highest BCUT2D eigenvalue weighted by Crippen LogP contribution is 2.36. The highest BCUT2D eigenvalue weighted by molar-refractivity contribution is 6.30. The van der Waals surface area contributed by atoms with Crippen LogP contribution in [0.1, 0.15) is 26.3 Å². The number of alkyl halides is 3. The molecule has 2 N–H and O–H groups in total. The Labute approximate surface area is 172 Å². The van der Waals surface area contributed by atoms with Gasteiger partial charge < -0.3 is 20.1 Å². The monoisotopic (exact) mass is 430 g/mol. The molecule has 9 heteroatoms. The van der Waals surface area contributed by atoms with Gasteiger partial charge in [-0.2, -0.15) is 13.2 Å². The number of hydrogen-bond acceptors (Lipinski definition) is 4. The molecular formula is C20H22ClF3N2O3. The second-order valence-electron chi connectivity index (χ2n) is 6.07. The molecule has 0 aromatic heterocycles. The molecule has 0 aliphatic rings. The molecule has 0 fully saturated rings. The molecule has 0 heterocycles. The summed E-state index contributed by atoms with van der Waals surface area (Å²) in [4.78, 5) is 12.4. The third-order valence-corrected chi connectivity index (χ3v) is 4.10. The van der Waals surface area contributed by atoms with Gasteiger partial charge in [0.15, 0.2) is 11.5 Å². The number of benzene rings is 2. The molecular weight excluding hydrogens is 409 g/mol. The molecule has 2 rings (SSSR count). The Hall–Kier alpha value is -2.61. The summed E-state index contributed by atoms with van der Waals surface area (Å²) >= 11 is 5.66. The van der Waals surface area contributed by atoms with Crippen molar-refractivity contribution in [1.82, 2.24) is 0 Å².